The standard InChI is InChI=1S/C24H16BrNO3/c1-28-23-19(12-14-6-2-3-7-16(14)22(23)25)24(27)26-15-10-11-18-17-8-4-5-9-20(17)29-21(18)13-15/h2-13H,1H3,(H,26,27). The van der Waals surface area contributed by atoms with Crippen LogP contribution in [-0.4, -0.2) is 13.0 Å². The zero-order valence-electron chi connectivity index (χ0n) is 15.5. The molecule has 0 saturated heterocycles. The molecule has 0 atom stereocenters. The van der Waals surface area contributed by atoms with Crippen molar-refractivity contribution in [3.63, 3.8) is 0 Å². The van der Waals surface area contributed by atoms with E-state index in [4.69, 9.17) is 9.15 Å². The summed E-state index contributed by atoms with van der Waals surface area (Å²) in [6.45, 7) is 0. The van der Waals surface area contributed by atoms with Crippen LogP contribution in [-0.2, 0) is 0 Å². The number of furan rings is 1. The van der Waals surface area contributed by atoms with Gasteiger partial charge in [0.1, 0.15) is 16.9 Å². The highest BCUT2D eigenvalue weighted by atomic mass is 79.9. The fraction of sp³-hybridized carbons (Fsp3) is 0.0417. The van der Waals surface area contributed by atoms with Crippen LogP contribution in [0, 0.1) is 0 Å². The molecule has 1 N–H and O–H groups in total. The maximum absolute atomic E-state index is 13.1. The normalized spacial score (nSPS) is 11.2. The first-order valence-corrected chi connectivity index (χ1v) is 9.93. The number of halogens is 1. The molecule has 0 saturated carbocycles. The summed E-state index contributed by atoms with van der Waals surface area (Å²) in [6.07, 6.45) is 0. The SMILES string of the molecule is COc1c(C(=O)Nc2ccc3c(c2)oc2ccccc23)cc2ccccc2c1Br. The molecule has 1 aromatic heterocycles. The first-order valence-electron chi connectivity index (χ1n) is 9.13. The van der Waals surface area contributed by atoms with Gasteiger partial charge in [0.15, 0.2) is 0 Å². The van der Waals surface area contributed by atoms with E-state index in [1.54, 1.807) is 7.11 Å². The fourth-order valence-electron chi connectivity index (χ4n) is 3.65. The lowest BCUT2D eigenvalue weighted by Gasteiger charge is -2.13. The third-order valence-electron chi connectivity index (χ3n) is 5.03. The maximum Gasteiger partial charge on any atom is 0.259 e. The Bertz CT molecular complexity index is 1400. The summed E-state index contributed by atoms with van der Waals surface area (Å²) in [6, 6.07) is 23.3. The summed E-state index contributed by atoms with van der Waals surface area (Å²) in [7, 11) is 1.56. The van der Waals surface area contributed by atoms with Gasteiger partial charge in [-0.3, -0.25) is 4.79 Å². The molecule has 0 radical (unpaired) electrons. The van der Waals surface area contributed by atoms with Crippen molar-refractivity contribution in [2.45, 2.75) is 0 Å². The van der Waals surface area contributed by atoms with E-state index in [1.807, 2.05) is 72.8 Å². The molecule has 5 rings (SSSR count). The minimum absolute atomic E-state index is 0.247. The van der Waals surface area contributed by atoms with Crippen LogP contribution < -0.4 is 10.1 Å². The number of benzene rings is 4. The van der Waals surface area contributed by atoms with Crippen LogP contribution in [0.1, 0.15) is 10.4 Å². The van der Waals surface area contributed by atoms with Crippen LogP contribution in [0.3, 0.4) is 0 Å². The van der Waals surface area contributed by atoms with Gasteiger partial charge in [-0.05, 0) is 51.0 Å². The molecular formula is C24H16BrNO3. The Labute approximate surface area is 175 Å². The number of hydrogen-bond acceptors (Lipinski definition) is 3. The van der Waals surface area contributed by atoms with Crippen LogP contribution in [0.15, 0.2) is 81.7 Å². The van der Waals surface area contributed by atoms with Crippen molar-refractivity contribution in [2.75, 3.05) is 12.4 Å². The summed E-state index contributed by atoms with van der Waals surface area (Å²) < 4.78 is 12.2. The number of methoxy groups -OCH3 is 1. The Morgan fingerprint density at radius 3 is 2.45 bits per heavy atom. The molecule has 29 heavy (non-hydrogen) atoms. The molecule has 0 unspecified atom stereocenters. The van der Waals surface area contributed by atoms with Crippen LogP contribution in [0.4, 0.5) is 5.69 Å². The van der Waals surface area contributed by atoms with Crippen LogP contribution in [0.5, 0.6) is 5.75 Å². The van der Waals surface area contributed by atoms with Gasteiger partial charge >= 0.3 is 0 Å². The maximum atomic E-state index is 13.1. The number of anilines is 1. The number of rotatable bonds is 3. The Kier molecular flexibility index (Phi) is 4.25. The molecule has 0 bridgehead atoms. The second-order valence-corrected chi connectivity index (χ2v) is 7.55. The monoisotopic (exact) mass is 445 g/mol. The second-order valence-electron chi connectivity index (χ2n) is 6.76. The third-order valence-corrected chi connectivity index (χ3v) is 5.81. The summed E-state index contributed by atoms with van der Waals surface area (Å²) in [5.74, 6) is 0.259. The first kappa shape index (κ1) is 17.8. The van der Waals surface area contributed by atoms with Gasteiger partial charge in [0.2, 0.25) is 0 Å². The largest absolute Gasteiger partial charge is 0.495 e. The van der Waals surface area contributed by atoms with Gasteiger partial charge in [-0.1, -0.05) is 42.5 Å². The molecule has 0 spiro atoms. The molecule has 1 amide bonds. The zero-order valence-corrected chi connectivity index (χ0v) is 17.1. The molecule has 4 aromatic carbocycles. The van der Waals surface area contributed by atoms with Crippen LogP contribution in [0.25, 0.3) is 32.7 Å². The first-order chi connectivity index (χ1) is 14.2. The lowest BCUT2D eigenvalue weighted by atomic mass is 10.0. The topological polar surface area (TPSA) is 51.5 Å². The van der Waals surface area contributed by atoms with Gasteiger partial charge in [0.25, 0.3) is 5.91 Å². The molecule has 0 fully saturated rings. The number of nitrogens with one attached hydrogen (secondary N) is 1. The quantitative estimate of drug-likeness (QED) is 0.333. The van der Waals surface area contributed by atoms with Crippen LogP contribution in [0.2, 0.25) is 0 Å². The number of fused-ring (bicyclic) bond motifs is 4. The highest BCUT2D eigenvalue weighted by Crippen LogP contribution is 2.37. The van der Waals surface area contributed by atoms with Crippen molar-refractivity contribution in [2.24, 2.45) is 0 Å². The minimum atomic E-state index is -0.247. The summed E-state index contributed by atoms with van der Waals surface area (Å²) in [4.78, 5) is 13.1. The average molecular weight is 446 g/mol. The van der Waals surface area contributed by atoms with E-state index in [2.05, 4.69) is 21.2 Å². The number of carbonyl (C=O) groups excluding carboxylic acids is 1. The molecule has 0 aliphatic rings. The molecule has 5 heteroatoms. The Balaban J connectivity index is 1.55. The summed E-state index contributed by atoms with van der Waals surface area (Å²) in [5, 5.41) is 6.98. The number of hydrogen-bond donors (Lipinski definition) is 1. The lowest BCUT2D eigenvalue weighted by Crippen LogP contribution is -2.13. The van der Waals surface area contributed by atoms with Gasteiger partial charge in [0.05, 0.1) is 17.1 Å². The van der Waals surface area contributed by atoms with E-state index < -0.39 is 0 Å². The Morgan fingerprint density at radius 1 is 0.897 bits per heavy atom. The predicted molar refractivity (Wildman–Crippen MR) is 120 cm³/mol. The van der Waals surface area contributed by atoms with Crippen molar-refractivity contribution >= 4 is 60.2 Å². The molecular weight excluding hydrogens is 430 g/mol. The number of carbonyl (C=O) groups is 1. The molecule has 142 valence electrons. The third kappa shape index (κ3) is 2.95. The van der Waals surface area contributed by atoms with E-state index in [1.165, 1.54) is 0 Å². The van der Waals surface area contributed by atoms with E-state index >= 15 is 0 Å². The average Bonchev–Trinajstić information content (AvgIpc) is 3.11. The number of ether oxygens (including phenoxy) is 1. The van der Waals surface area contributed by atoms with E-state index in [0.717, 1.165) is 37.2 Å². The van der Waals surface area contributed by atoms with Gasteiger partial charge in [-0.2, -0.15) is 0 Å². The number of amides is 1. The molecule has 0 aliphatic heterocycles. The highest BCUT2D eigenvalue weighted by Gasteiger charge is 2.18. The van der Waals surface area contributed by atoms with Gasteiger partial charge in [0, 0.05) is 22.5 Å². The van der Waals surface area contributed by atoms with Gasteiger partial charge in [-0.15, -0.1) is 0 Å². The number of para-hydroxylation sites is 1. The summed E-state index contributed by atoms with van der Waals surface area (Å²) in [5.41, 5.74) is 2.68. The molecule has 1 heterocycles. The van der Waals surface area contributed by atoms with Crippen LogP contribution >= 0.6 is 15.9 Å². The van der Waals surface area contributed by atoms with Gasteiger partial charge < -0.3 is 14.5 Å². The van der Waals surface area contributed by atoms with Crippen molar-refractivity contribution in [3.8, 4) is 5.75 Å². The van der Waals surface area contributed by atoms with Crippen molar-refractivity contribution < 1.29 is 13.9 Å². The van der Waals surface area contributed by atoms with E-state index in [0.29, 0.717) is 17.0 Å². The lowest BCUT2D eigenvalue weighted by molar-refractivity contribution is 0.102. The highest BCUT2D eigenvalue weighted by molar-refractivity contribution is 9.10. The molecule has 5 aromatic rings. The van der Waals surface area contributed by atoms with E-state index in [9.17, 15) is 4.79 Å². The Hall–Kier alpha value is -3.31. The Morgan fingerprint density at radius 2 is 1.62 bits per heavy atom. The van der Waals surface area contributed by atoms with Crippen molar-refractivity contribution in [1.29, 1.82) is 0 Å². The second kappa shape index (κ2) is 6.94. The fourth-order valence-corrected chi connectivity index (χ4v) is 4.39. The van der Waals surface area contributed by atoms with Crippen molar-refractivity contribution in [3.05, 3.63) is 82.8 Å². The zero-order chi connectivity index (χ0) is 20.0. The minimum Gasteiger partial charge on any atom is -0.495 e. The van der Waals surface area contributed by atoms with Gasteiger partial charge in [-0.25, -0.2) is 0 Å². The molecule has 4 nitrogen and oxygen atoms in total. The van der Waals surface area contributed by atoms with E-state index in [-0.39, 0.29) is 5.91 Å². The predicted octanol–water partition coefficient (Wildman–Crippen LogP) is 6.76. The molecule has 0 aliphatic carbocycles. The smallest absolute Gasteiger partial charge is 0.259 e. The summed E-state index contributed by atoms with van der Waals surface area (Å²) >= 11 is 3.58. The van der Waals surface area contributed by atoms with Crippen molar-refractivity contribution in [1.82, 2.24) is 0 Å².